The van der Waals surface area contributed by atoms with Crippen molar-refractivity contribution in [1.29, 1.82) is 0 Å². The van der Waals surface area contributed by atoms with Crippen molar-refractivity contribution < 1.29 is 28.7 Å². The Kier molecular flexibility index (Phi) is 10.7. The van der Waals surface area contributed by atoms with Crippen molar-refractivity contribution in [2.24, 2.45) is 0 Å². The van der Waals surface area contributed by atoms with E-state index in [1.165, 1.54) is 0 Å². The number of hydrogen-bond donors (Lipinski definition) is 3. The van der Waals surface area contributed by atoms with E-state index >= 15 is 0 Å². The second-order valence-corrected chi connectivity index (χ2v) is 8.49. The Hall–Kier alpha value is -1.91. The van der Waals surface area contributed by atoms with Gasteiger partial charge in [0.15, 0.2) is 14.2 Å². The van der Waals surface area contributed by atoms with E-state index < -0.39 is 8.38 Å². The highest BCUT2D eigenvalue weighted by Gasteiger charge is 2.20. The molecule has 0 spiro atoms. The normalized spacial score (nSPS) is 13.2. The third-order valence-corrected chi connectivity index (χ3v) is 5.59. The smallest absolute Gasteiger partial charge is 0.167 e. The van der Waals surface area contributed by atoms with Gasteiger partial charge in [0.2, 0.25) is 0 Å². The molecule has 11 heteroatoms. The van der Waals surface area contributed by atoms with Crippen molar-refractivity contribution in [2.45, 2.75) is 26.5 Å². The van der Waals surface area contributed by atoms with Crippen LogP contribution in [0.25, 0.3) is 17.1 Å². The zero-order valence-electron chi connectivity index (χ0n) is 19.0. The summed E-state index contributed by atoms with van der Waals surface area (Å²) in [6.45, 7) is 6.09. The van der Waals surface area contributed by atoms with E-state index in [1.54, 1.807) is 0 Å². The van der Waals surface area contributed by atoms with Gasteiger partial charge in [-0.1, -0.05) is 24.3 Å². The zero-order valence-corrected chi connectivity index (χ0v) is 19.9. The van der Waals surface area contributed by atoms with Gasteiger partial charge in [-0.3, -0.25) is 0 Å². The molecule has 3 rings (SSSR count). The Morgan fingerprint density at radius 2 is 1.73 bits per heavy atom. The van der Waals surface area contributed by atoms with Crippen LogP contribution in [0.3, 0.4) is 0 Å². The summed E-state index contributed by atoms with van der Waals surface area (Å²) in [7, 11) is -1.89. The Morgan fingerprint density at radius 3 is 2.45 bits per heavy atom. The number of pyridine rings is 1. The molecule has 0 aliphatic heterocycles. The van der Waals surface area contributed by atoms with Gasteiger partial charge in [0.05, 0.1) is 50.9 Å². The van der Waals surface area contributed by atoms with E-state index in [2.05, 4.69) is 21.7 Å². The van der Waals surface area contributed by atoms with Gasteiger partial charge >= 0.3 is 0 Å². The maximum absolute atomic E-state index is 8.81. The van der Waals surface area contributed by atoms with E-state index in [0.29, 0.717) is 77.2 Å². The van der Waals surface area contributed by atoms with E-state index in [1.807, 2.05) is 19.1 Å². The lowest BCUT2D eigenvalue weighted by molar-refractivity contribution is 0.0154. The first kappa shape index (κ1) is 25.7. The maximum Gasteiger partial charge on any atom is 0.167 e. The number of nitrogen functional groups attached to an aromatic ring is 1. The summed E-state index contributed by atoms with van der Waals surface area (Å²) < 4.78 is 24.3. The van der Waals surface area contributed by atoms with Crippen molar-refractivity contribution in [2.75, 3.05) is 58.1 Å². The van der Waals surface area contributed by atoms with Crippen molar-refractivity contribution >= 4 is 31.3 Å². The van der Waals surface area contributed by atoms with E-state index in [4.69, 9.17) is 39.5 Å². The van der Waals surface area contributed by atoms with Gasteiger partial charge in [-0.25, -0.2) is 9.97 Å². The minimum atomic E-state index is -1.89. The first-order valence-corrected chi connectivity index (χ1v) is 12.5. The summed E-state index contributed by atoms with van der Waals surface area (Å²) in [4.78, 5) is 26.9. The van der Waals surface area contributed by atoms with Crippen LogP contribution in [0.5, 0.6) is 0 Å². The highest BCUT2D eigenvalue weighted by Crippen LogP contribution is 2.29. The Labute approximate surface area is 194 Å². The molecule has 2 heterocycles. The zero-order chi connectivity index (χ0) is 23.5. The van der Waals surface area contributed by atoms with E-state index in [-0.39, 0.29) is 6.16 Å². The second-order valence-electron chi connectivity index (χ2n) is 7.30. The molecule has 0 atom stereocenters. The van der Waals surface area contributed by atoms with Crippen molar-refractivity contribution in [3.8, 4) is 0 Å². The molecule has 0 amide bonds. The van der Waals surface area contributed by atoms with Gasteiger partial charge in [0.25, 0.3) is 0 Å². The molecule has 1 aliphatic carbocycles. The quantitative estimate of drug-likeness (QED) is 0.258. The van der Waals surface area contributed by atoms with Gasteiger partial charge < -0.3 is 39.0 Å². The maximum atomic E-state index is 8.81. The predicted molar refractivity (Wildman–Crippen MR) is 128 cm³/mol. The summed E-state index contributed by atoms with van der Waals surface area (Å²) in [5.41, 5.74) is 9.85. The Balaban J connectivity index is 1.56. The summed E-state index contributed by atoms with van der Waals surface area (Å²) in [6, 6.07) is 0. The lowest BCUT2D eigenvalue weighted by Crippen LogP contribution is -2.14. The molecule has 0 fully saturated rings. The lowest BCUT2D eigenvalue weighted by atomic mass is 10.1. The fourth-order valence-electron chi connectivity index (χ4n) is 3.48. The number of nitrogens with zero attached hydrogens (tertiary/aromatic N) is 3. The third-order valence-electron chi connectivity index (χ3n) is 5.01. The lowest BCUT2D eigenvalue weighted by Gasteiger charge is -2.13. The average Bonchev–Trinajstić information content (AvgIpc) is 2.99. The van der Waals surface area contributed by atoms with Crippen molar-refractivity contribution in [1.82, 2.24) is 14.5 Å². The molecular formula is C22H33N4O6P. The first-order valence-electron chi connectivity index (χ1n) is 11.1. The van der Waals surface area contributed by atoms with Crippen LogP contribution in [0.4, 0.5) is 5.82 Å². The summed E-state index contributed by atoms with van der Waals surface area (Å²) in [6.07, 6.45) is 9.10. The van der Waals surface area contributed by atoms with Crippen LogP contribution in [0, 0.1) is 0 Å². The molecule has 2 aromatic heterocycles. The summed E-state index contributed by atoms with van der Waals surface area (Å²) in [5, 5.41) is 0. The molecule has 0 saturated carbocycles. The number of nitrogens with two attached hydrogens (primary N) is 1. The van der Waals surface area contributed by atoms with Crippen molar-refractivity contribution in [3.63, 3.8) is 0 Å². The van der Waals surface area contributed by atoms with Crippen LogP contribution in [0.2, 0.25) is 0 Å². The highest BCUT2D eigenvalue weighted by molar-refractivity contribution is 7.45. The molecule has 2 aromatic rings. The standard InChI is InChI=1S/C22H33N4O6P/c1-2-29-16-19-25-20-21(17-6-4-3-5-7-18(17)24-22(20)23)26(19)8-9-30-10-11-31-12-13-32-14-15-33(27)28/h3-6,27-28H,2,7-16H2,1H3,(H2,23,24). The van der Waals surface area contributed by atoms with Crippen molar-refractivity contribution in [3.05, 3.63) is 35.3 Å². The average molecular weight is 481 g/mol. The van der Waals surface area contributed by atoms with Crippen LogP contribution in [0.15, 0.2) is 18.2 Å². The molecule has 33 heavy (non-hydrogen) atoms. The summed E-state index contributed by atoms with van der Waals surface area (Å²) in [5.74, 6) is 1.22. The van der Waals surface area contributed by atoms with Crippen LogP contribution in [0.1, 0.15) is 24.0 Å². The first-order chi connectivity index (χ1) is 16.1. The van der Waals surface area contributed by atoms with Gasteiger partial charge in [-0.15, -0.1) is 0 Å². The number of anilines is 1. The molecular weight excluding hydrogens is 447 g/mol. The predicted octanol–water partition coefficient (Wildman–Crippen LogP) is 2.02. The second kappa shape index (κ2) is 13.7. The molecule has 0 aromatic carbocycles. The fraction of sp³-hybridized carbons (Fsp3) is 0.545. The minimum Gasteiger partial charge on any atom is -0.382 e. The molecule has 0 saturated heterocycles. The van der Waals surface area contributed by atoms with Crippen LogP contribution >= 0.6 is 8.38 Å². The number of rotatable bonds is 15. The SMILES string of the molecule is CCOCc1nc2c(N)nc3c(c2n1CCOCCOCCOCCP(O)O)C=CC=CC3. The number of ether oxygens (including phenoxy) is 4. The summed E-state index contributed by atoms with van der Waals surface area (Å²) >= 11 is 0. The Bertz CT molecular complexity index is 947. The minimum absolute atomic E-state index is 0.254. The van der Waals surface area contributed by atoms with Gasteiger partial charge in [0, 0.05) is 31.3 Å². The van der Waals surface area contributed by atoms with E-state index in [0.717, 1.165) is 22.6 Å². The number of fused-ring (bicyclic) bond motifs is 3. The number of aromatic nitrogens is 3. The van der Waals surface area contributed by atoms with Crippen LogP contribution in [-0.2, 0) is 38.5 Å². The number of imidazole rings is 1. The van der Waals surface area contributed by atoms with Crippen LogP contribution in [-0.4, -0.2) is 76.7 Å². The Morgan fingerprint density at radius 1 is 1.00 bits per heavy atom. The molecule has 1 aliphatic rings. The van der Waals surface area contributed by atoms with Gasteiger partial charge in [-0.2, -0.15) is 0 Å². The molecule has 0 unspecified atom stereocenters. The fourth-order valence-corrected chi connectivity index (χ4v) is 3.77. The molecule has 10 nitrogen and oxygen atoms in total. The third kappa shape index (κ3) is 7.55. The molecule has 182 valence electrons. The van der Waals surface area contributed by atoms with Gasteiger partial charge in [0.1, 0.15) is 17.9 Å². The molecule has 0 bridgehead atoms. The van der Waals surface area contributed by atoms with Crippen LogP contribution < -0.4 is 5.73 Å². The molecule has 4 N–H and O–H groups in total. The number of allylic oxidation sites excluding steroid dienone is 3. The van der Waals surface area contributed by atoms with Gasteiger partial charge in [-0.05, 0) is 6.92 Å². The number of hydrogen-bond acceptors (Lipinski definition) is 9. The largest absolute Gasteiger partial charge is 0.382 e. The topological polar surface area (TPSA) is 134 Å². The molecule has 0 radical (unpaired) electrons. The monoisotopic (exact) mass is 480 g/mol. The van der Waals surface area contributed by atoms with E-state index in [9.17, 15) is 0 Å². The highest BCUT2D eigenvalue weighted by atomic mass is 31.2.